The van der Waals surface area contributed by atoms with Crippen LogP contribution in [0, 0.1) is 11.8 Å². The highest BCUT2D eigenvalue weighted by Gasteiger charge is 2.19. The smallest absolute Gasteiger partial charge is 0.00970 e. The predicted molar refractivity (Wildman–Crippen MR) is 76.4 cm³/mol. The number of rotatable bonds is 6. The minimum absolute atomic E-state index is 0.251. The molecule has 1 rings (SSSR count). The summed E-state index contributed by atoms with van der Waals surface area (Å²) < 4.78 is 0. The van der Waals surface area contributed by atoms with Crippen LogP contribution in [0.4, 0.5) is 0 Å². The van der Waals surface area contributed by atoms with E-state index >= 15 is 0 Å². The summed E-state index contributed by atoms with van der Waals surface area (Å²) >= 11 is 0. The van der Waals surface area contributed by atoms with Crippen molar-refractivity contribution in [1.82, 2.24) is 10.6 Å². The summed E-state index contributed by atoms with van der Waals surface area (Å²) in [4.78, 5) is 0. The van der Waals surface area contributed by atoms with Gasteiger partial charge in [-0.1, -0.05) is 26.2 Å². The molecule has 0 aliphatic heterocycles. The maximum atomic E-state index is 3.60. The lowest BCUT2D eigenvalue weighted by atomic mass is 9.81. The molecule has 1 aliphatic carbocycles. The topological polar surface area (TPSA) is 24.1 Å². The summed E-state index contributed by atoms with van der Waals surface area (Å²) in [6, 6.07) is 0. The summed E-state index contributed by atoms with van der Waals surface area (Å²) in [6.07, 6.45) is 7.19. The molecule has 0 aromatic carbocycles. The minimum atomic E-state index is 0.251. The third kappa shape index (κ3) is 7.05. The molecule has 0 aromatic heterocycles. The van der Waals surface area contributed by atoms with Crippen molar-refractivity contribution in [2.75, 3.05) is 19.6 Å². The van der Waals surface area contributed by atoms with E-state index in [0.29, 0.717) is 0 Å². The van der Waals surface area contributed by atoms with Gasteiger partial charge in [0.15, 0.2) is 0 Å². The second-order valence-electron chi connectivity index (χ2n) is 6.68. The van der Waals surface area contributed by atoms with E-state index in [2.05, 4.69) is 38.3 Å². The third-order valence-corrected chi connectivity index (χ3v) is 3.93. The summed E-state index contributed by atoms with van der Waals surface area (Å²) in [7, 11) is 0. The average molecular weight is 240 g/mol. The van der Waals surface area contributed by atoms with Gasteiger partial charge in [0, 0.05) is 18.6 Å². The molecule has 0 atom stereocenters. The van der Waals surface area contributed by atoms with Gasteiger partial charge in [-0.15, -0.1) is 0 Å². The molecule has 0 saturated heterocycles. The summed E-state index contributed by atoms with van der Waals surface area (Å²) in [5.74, 6) is 1.96. The van der Waals surface area contributed by atoms with Crippen molar-refractivity contribution in [2.24, 2.45) is 11.8 Å². The van der Waals surface area contributed by atoms with E-state index in [1.165, 1.54) is 38.6 Å². The maximum Gasteiger partial charge on any atom is 0.00970 e. The molecular formula is C15H32N2. The summed E-state index contributed by atoms with van der Waals surface area (Å²) in [6.45, 7) is 12.4. The molecular weight excluding hydrogens is 208 g/mol. The molecule has 0 amide bonds. The Morgan fingerprint density at radius 1 is 0.941 bits per heavy atom. The highest BCUT2D eigenvalue weighted by molar-refractivity contribution is 4.74. The standard InChI is InChI=1S/C15H32N2/c1-5-13-6-8-14(9-7-13)12-16-10-11-17-15(2,3)4/h13-14,16-17H,5-12H2,1-4H3. The molecule has 2 nitrogen and oxygen atoms in total. The first kappa shape index (κ1) is 15.0. The van der Waals surface area contributed by atoms with E-state index < -0.39 is 0 Å². The van der Waals surface area contributed by atoms with E-state index in [-0.39, 0.29) is 5.54 Å². The second-order valence-corrected chi connectivity index (χ2v) is 6.68. The van der Waals surface area contributed by atoms with E-state index in [1.54, 1.807) is 0 Å². The van der Waals surface area contributed by atoms with Gasteiger partial charge in [0.2, 0.25) is 0 Å². The predicted octanol–water partition coefficient (Wildman–Crippen LogP) is 3.18. The Balaban J connectivity index is 1.97. The first-order chi connectivity index (χ1) is 8.01. The Bertz CT molecular complexity index is 188. The Labute approximate surface area is 108 Å². The van der Waals surface area contributed by atoms with Crippen LogP contribution in [0.3, 0.4) is 0 Å². The van der Waals surface area contributed by atoms with E-state index in [9.17, 15) is 0 Å². The van der Waals surface area contributed by atoms with Gasteiger partial charge in [-0.25, -0.2) is 0 Å². The van der Waals surface area contributed by atoms with Gasteiger partial charge in [0.05, 0.1) is 0 Å². The van der Waals surface area contributed by atoms with Crippen LogP contribution < -0.4 is 10.6 Å². The van der Waals surface area contributed by atoms with Gasteiger partial charge in [-0.2, -0.15) is 0 Å². The molecule has 0 spiro atoms. The van der Waals surface area contributed by atoms with E-state index in [1.807, 2.05) is 0 Å². The van der Waals surface area contributed by atoms with Crippen LogP contribution in [0.5, 0.6) is 0 Å². The molecule has 1 fully saturated rings. The highest BCUT2D eigenvalue weighted by Crippen LogP contribution is 2.29. The largest absolute Gasteiger partial charge is 0.315 e. The quantitative estimate of drug-likeness (QED) is 0.697. The molecule has 0 heterocycles. The Morgan fingerprint density at radius 2 is 1.53 bits per heavy atom. The fourth-order valence-corrected chi connectivity index (χ4v) is 2.68. The maximum absolute atomic E-state index is 3.60. The first-order valence-corrected chi connectivity index (χ1v) is 7.47. The number of hydrogen-bond acceptors (Lipinski definition) is 2. The minimum Gasteiger partial charge on any atom is -0.315 e. The van der Waals surface area contributed by atoms with Crippen LogP contribution in [0.15, 0.2) is 0 Å². The van der Waals surface area contributed by atoms with Crippen molar-refractivity contribution in [3.05, 3.63) is 0 Å². The van der Waals surface area contributed by atoms with Crippen LogP contribution in [0.25, 0.3) is 0 Å². The molecule has 0 bridgehead atoms. The van der Waals surface area contributed by atoms with Gasteiger partial charge in [0.25, 0.3) is 0 Å². The van der Waals surface area contributed by atoms with Crippen LogP contribution in [0.2, 0.25) is 0 Å². The zero-order valence-corrected chi connectivity index (χ0v) is 12.3. The van der Waals surface area contributed by atoms with Crippen LogP contribution in [-0.4, -0.2) is 25.2 Å². The van der Waals surface area contributed by atoms with Crippen molar-refractivity contribution < 1.29 is 0 Å². The van der Waals surface area contributed by atoms with E-state index in [0.717, 1.165) is 24.9 Å². The molecule has 2 heteroatoms. The molecule has 0 unspecified atom stereocenters. The molecule has 2 N–H and O–H groups in total. The zero-order chi connectivity index (χ0) is 12.7. The Kier molecular flexibility index (Phi) is 6.50. The van der Waals surface area contributed by atoms with Gasteiger partial charge in [0.1, 0.15) is 0 Å². The highest BCUT2D eigenvalue weighted by atomic mass is 15.0. The normalized spacial score (nSPS) is 26.1. The number of nitrogens with one attached hydrogen (secondary N) is 2. The Hall–Kier alpha value is -0.0800. The summed E-state index contributed by atoms with van der Waals surface area (Å²) in [5, 5.41) is 7.11. The van der Waals surface area contributed by atoms with Crippen molar-refractivity contribution in [3.63, 3.8) is 0 Å². The molecule has 0 radical (unpaired) electrons. The van der Waals surface area contributed by atoms with Gasteiger partial charge in [-0.05, 0) is 52.0 Å². The molecule has 1 aliphatic rings. The van der Waals surface area contributed by atoms with Gasteiger partial charge in [-0.3, -0.25) is 0 Å². The number of hydrogen-bond donors (Lipinski definition) is 2. The van der Waals surface area contributed by atoms with Crippen molar-refractivity contribution in [3.8, 4) is 0 Å². The van der Waals surface area contributed by atoms with Crippen LogP contribution in [0.1, 0.15) is 59.8 Å². The molecule has 102 valence electrons. The third-order valence-electron chi connectivity index (χ3n) is 3.93. The van der Waals surface area contributed by atoms with E-state index in [4.69, 9.17) is 0 Å². The Morgan fingerprint density at radius 3 is 2.06 bits per heavy atom. The lowest BCUT2D eigenvalue weighted by molar-refractivity contribution is 0.262. The lowest BCUT2D eigenvalue weighted by Crippen LogP contribution is -2.41. The van der Waals surface area contributed by atoms with Crippen LogP contribution in [-0.2, 0) is 0 Å². The van der Waals surface area contributed by atoms with Crippen molar-refractivity contribution >= 4 is 0 Å². The SMILES string of the molecule is CCC1CCC(CNCCNC(C)(C)C)CC1. The van der Waals surface area contributed by atoms with Gasteiger partial charge < -0.3 is 10.6 Å². The second kappa shape index (κ2) is 7.38. The summed E-state index contributed by atoms with van der Waals surface area (Å²) in [5.41, 5.74) is 0.251. The zero-order valence-electron chi connectivity index (χ0n) is 12.3. The van der Waals surface area contributed by atoms with Gasteiger partial charge >= 0.3 is 0 Å². The van der Waals surface area contributed by atoms with Crippen LogP contribution >= 0.6 is 0 Å². The molecule has 1 saturated carbocycles. The molecule has 17 heavy (non-hydrogen) atoms. The average Bonchev–Trinajstić information content (AvgIpc) is 2.28. The van der Waals surface area contributed by atoms with Crippen molar-refractivity contribution in [2.45, 2.75) is 65.3 Å². The fourth-order valence-electron chi connectivity index (χ4n) is 2.68. The van der Waals surface area contributed by atoms with Crippen molar-refractivity contribution in [1.29, 1.82) is 0 Å². The monoisotopic (exact) mass is 240 g/mol. The fraction of sp³-hybridized carbons (Fsp3) is 1.00. The lowest BCUT2D eigenvalue weighted by Gasteiger charge is -2.28. The first-order valence-electron chi connectivity index (χ1n) is 7.47. The molecule has 0 aromatic rings.